The van der Waals surface area contributed by atoms with Gasteiger partial charge in [-0.1, -0.05) is 6.42 Å². The molecule has 0 spiro atoms. The third-order valence-electron chi connectivity index (χ3n) is 5.96. The van der Waals surface area contributed by atoms with Crippen LogP contribution in [0, 0.1) is 17.8 Å². The molecule has 1 amide bonds. The van der Waals surface area contributed by atoms with Gasteiger partial charge in [0.1, 0.15) is 0 Å². The van der Waals surface area contributed by atoms with E-state index in [-0.39, 0.29) is 30.5 Å². The van der Waals surface area contributed by atoms with Gasteiger partial charge in [0.05, 0.1) is 12.5 Å². The maximum Gasteiger partial charge on any atom is 0.401 e. The van der Waals surface area contributed by atoms with E-state index in [9.17, 15) is 18.0 Å². The quantitative estimate of drug-likeness (QED) is 0.823. The molecule has 2 saturated carbocycles. The van der Waals surface area contributed by atoms with E-state index in [1.807, 2.05) is 0 Å². The lowest BCUT2D eigenvalue weighted by Crippen LogP contribution is -2.56. The summed E-state index contributed by atoms with van der Waals surface area (Å²) in [5.74, 6) is 0.495. The SMILES string of the molecule is NC1CC2CCCC(C1)C2NC(=O)C1CCCN(CC(F)(F)F)C1. The van der Waals surface area contributed by atoms with Gasteiger partial charge in [-0.2, -0.15) is 13.2 Å². The molecule has 2 aliphatic carbocycles. The Kier molecular flexibility index (Phi) is 5.39. The van der Waals surface area contributed by atoms with Crippen molar-refractivity contribution in [3.8, 4) is 0 Å². The summed E-state index contributed by atoms with van der Waals surface area (Å²) in [4.78, 5) is 14.0. The molecule has 0 radical (unpaired) electrons. The van der Waals surface area contributed by atoms with E-state index in [1.165, 1.54) is 11.3 Å². The van der Waals surface area contributed by atoms with Crippen molar-refractivity contribution in [2.75, 3.05) is 19.6 Å². The number of hydrogen-bond acceptors (Lipinski definition) is 3. The van der Waals surface area contributed by atoms with Crippen molar-refractivity contribution in [1.82, 2.24) is 10.2 Å². The lowest BCUT2D eigenvalue weighted by Gasteiger charge is -2.46. The molecule has 2 bridgehead atoms. The number of alkyl halides is 3. The topological polar surface area (TPSA) is 58.4 Å². The first-order valence-corrected chi connectivity index (χ1v) is 9.17. The first-order chi connectivity index (χ1) is 11.3. The van der Waals surface area contributed by atoms with E-state index < -0.39 is 12.7 Å². The van der Waals surface area contributed by atoms with E-state index in [0.29, 0.717) is 31.2 Å². The number of nitrogens with zero attached hydrogens (tertiary/aromatic N) is 1. The number of carbonyl (C=O) groups excluding carboxylic acids is 1. The molecule has 24 heavy (non-hydrogen) atoms. The molecule has 1 saturated heterocycles. The summed E-state index contributed by atoms with van der Waals surface area (Å²) < 4.78 is 37.7. The van der Waals surface area contributed by atoms with Crippen LogP contribution >= 0.6 is 0 Å². The second-order valence-corrected chi connectivity index (χ2v) is 7.91. The number of piperidine rings is 1. The van der Waals surface area contributed by atoms with Crippen LogP contribution in [0.3, 0.4) is 0 Å². The smallest absolute Gasteiger partial charge is 0.353 e. The predicted octanol–water partition coefficient (Wildman–Crippen LogP) is 2.28. The second kappa shape index (κ2) is 7.20. The standard InChI is InChI=1S/C17H28F3N3O/c18-17(19,20)10-23-6-2-5-13(9-23)16(24)22-15-11-3-1-4-12(15)8-14(21)7-11/h11-15H,1-10,21H2,(H,22,24). The highest BCUT2D eigenvalue weighted by molar-refractivity contribution is 5.79. The van der Waals surface area contributed by atoms with Gasteiger partial charge in [-0.3, -0.25) is 9.69 Å². The second-order valence-electron chi connectivity index (χ2n) is 7.91. The largest absolute Gasteiger partial charge is 0.401 e. The predicted molar refractivity (Wildman–Crippen MR) is 85.2 cm³/mol. The van der Waals surface area contributed by atoms with Crippen molar-refractivity contribution >= 4 is 5.91 Å². The van der Waals surface area contributed by atoms with Crippen molar-refractivity contribution < 1.29 is 18.0 Å². The van der Waals surface area contributed by atoms with E-state index in [1.54, 1.807) is 0 Å². The number of amides is 1. The Labute approximate surface area is 141 Å². The highest BCUT2D eigenvalue weighted by Gasteiger charge is 2.41. The molecular weight excluding hydrogens is 319 g/mol. The van der Waals surface area contributed by atoms with Crippen LogP contribution in [-0.2, 0) is 4.79 Å². The Morgan fingerprint density at radius 1 is 1.12 bits per heavy atom. The van der Waals surface area contributed by atoms with Gasteiger partial charge in [-0.05, 0) is 56.9 Å². The Balaban J connectivity index is 1.56. The van der Waals surface area contributed by atoms with Crippen molar-refractivity contribution in [3.63, 3.8) is 0 Å². The molecule has 3 unspecified atom stereocenters. The van der Waals surface area contributed by atoms with Gasteiger partial charge in [0, 0.05) is 18.6 Å². The molecule has 0 aromatic carbocycles. The number of nitrogens with two attached hydrogens (primary N) is 1. The Bertz CT molecular complexity index is 443. The van der Waals surface area contributed by atoms with Crippen LogP contribution < -0.4 is 11.1 Å². The van der Waals surface area contributed by atoms with Gasteiger partial charge in [0.25, 0.3) is 0 Å². The summed E-state index contributed by atoms with van der Waals surface area (Å²) in [6, 6.07) is 0.398. The molecule has 0 aromatic rings. The summed E-state index contributed by atoms with van der Waals surface area (Å²) in [7, 11) is 0. The van der Waals surface area contributed by atoms with Crippen molar-refractivity contribution in [2.24, 2.45) is 23.5 Å². The molecule has 4 nitrogen and oxygen atoms in total. The molecule has 7 heteroatoms. The minimum atomic E-state index is -4.20. The van der Waals surface area contributed by atoms with E-state index in [4.69, 9.17) is 5.73 Å². The molecule has 3 rings (SSSR count). The zero-order valence-corrected chi connectivity index (χ0v) is 14.0. The average molecular weight is 347 g/mol. The van der Waals surface area contributed by atoms with Crippen molar-refractivity contribution in [1.29, 1.82) is 0 Å². The monoisotopic (exact) mass is 347 g/mol. The summed E-state index contributed by atoms with van der Waals surface area (Å²) >= 11 is 0. The van der Waals surface area contributed by atoms with Gasteiger partial charge >= 0.3 is 6.18 Å². The summed E-state index contributed by atoms with van der Waals surface area (Å²) in [6.07, 6.45) is 2.42. The maximum atomic E-state index is 12.6. The van der Waals surface area contributed by atoms with Gasteiger partial charge < -0.3 is 11.1 Å². The van der Waals surface area contributed by atoms with Crippen LogP contribution in [-0.4, -0.2) is 48.7 Å². The number of nitrogens with one attached hydrogen (secondary N) is 1. The van der Waals surface area contributed by atoms with Crippen LogP contribution in [0.25, 0.3) is 0 Å². The van der Waals surface area contributed by atoms with Crippen LogP contribution in [0.2, 0.25) is 0 Å². The van der Waals surface area contributed by atoms with Gasteiger partial charge in [-0.15, -0.1) is 0 Å². The number of carbonyl (C=O) groups is 1. The van der Waals surface area contributed by atoms with Crippen LogP contribution in [0.5, 0.6) is 0 Å². The molecule has 3 fully saturated rings. The zero-order valence-electron chi connectivity index (χ0n) is 14.0. The minimum absolute atomic E-state index is 0.0563. The molecule has 1 heterocycles. The van der Waals surface area contributed by atoms with Crippen LogP contribution in [0.1, 0.15) is 44.9 Å². The van der Waals surface area contributed by atoms with Gasteiger partial charge in [0.15, 0.2) is 0 Å². The van der Waals surface area contributed by atoms with Crippen LogP contribution in [0.4, 0.5) is 13.2 Å². The third-order valence-corrected chi connectivity index (χ3v) is 5.96. The highest BCUT2D eigenvalue weighted by atomic mass is 19.4. The van der Waals surface area contributed by atoms with Gasteiger partial charge in [0.2, 0.25) is 5.91 Å². The fourth-order valence-corrected chi connectivity index (χ4v) is 4.97. The average Bonchev–Trinajstić information content (AvgIpc) is 2.46. The summed E-state index contributed by atoms with van der Waals surface area (Å²) in [5, 5.41) is 3.19. The molecular formula is C17H28F3N3O. The van der Waals surface area contributed by atoms with Crippen molar-refractivity contribution in [3.05, 3.63) is 0 Å². The minimum Gasteiger partial charge on any atom is -0.353 e. The summed E-state index contributed by atoms with van der Waals surface area (Å²) in [5.41, 5.74) is 6.11. The first kappa shape index (κ1) is 18.0. The zero-order chi connectivity index (χ0) is 17.3. The molecule has 0 aromatic heterocycles. The molecule has 3 aliphatic rings. The number of hydrogen-bond donors (Lipinski definition) is 2. The Morgan fingerprint density at radius 3 is 2.42 bits per heavy atom. The Hall–Kier alpha value is -0.820. The van der Waals surface area contributed by atoms with Crippen molar-refractivity contribution in [2.45, 2.75) is 63.2 Å². The highest BCUT2D eigenvalue weighted by Crippen LogP contribution is 2.40. The number of halogens is 3. The molecule has 3 atom stereocenters. The fourth-order valence-electron chi connectivity index (χ4n) is 4.97. The first-order valence-electron chi connectivity index (χ1n) is 9.17. The fraction of sp³-hybridized carbons (Fsp3) is 0.941. The van der Waals surface area contributed by atoms with Crippen LogP contribution in [0.15, 0.2) is 0 Å². The van der Waals surface area contributed by atoms with E-state index >= 15 is 0 Å². The molecule has 138 valence electrons. The molecule has 1 aliphatic heterocycles. The third kappa shape index (κ3) is 4.42. The number of likely N-dealkylation sites (tertiary alicyclic amines) is 1. The lowest BCUT2D eigenvalue weighted by atomic mass is 9.67. The lowest BCUT2D eigenvalue weighted by molar-refractivity contribution is -0.152. The van der Waals surface area contributed by atoms with E-state index in [2.05, 4.69) is 5.32 Å². The Morgan fingerprint density at radius 2 is 1.79 bits per heavy atom. The molecule has 3 N–H and O–H groups in total. The van der Waals surface area contributed by atoms with Gasteiger partial charge in [-0.25, -0.2) is 0 Å². The number of rotatable bonds is 3. The maximum absolute atomic E-state index is 12.6. The normalized spacial score (nSPS) is 37.9. The summed E-state index contributed by atoms with van der Waals surface area (Å²) in [6.45, 7) is -0.278. The van der Waals surface area contributed by atoms with E-state index in [0.717, 1.165) is 25.7 Å². The number of fused-ring (bicyclic) bond motifs is 2.